The molecule has 3 amide bonds. The second-order valence-corrected chi connectivity index (χ2v) is 7.89. The van der Waals surface area contributed by atoms with Crippen LogP contribution in [0.1, 0.15) is 39.3 Å². The van der Waals surface area contributed by atoms with Gasteiger partial charge < -0.3 is 15.5 Å². The minimum absolute atomic E-state index is 0.124. The third kappa shape index (κ3) is 4.94. The molecule has 2 aromatic carbocycles. The Morgan fingerprint density at radius 2 is 1.68 bits per heavy atom. The van der Waals surface area contributed by atoms with Gasteiger partial charge in [-0.2, -0.15) is 5.10 Å². The molecule has 7 heteroatoms. The highest BCUT2D eigenvalue weighted by Gasteiger charge is 2.22. The van der Waals surface area contributed by atoms with Gasteiger partial charge in [-0.05, 0) is 61.7 Å². The summed E-state index contributed by atoms with van der Waals surface area (Å²) >= 11 is 0. The Bertz CT molecular complexity index is 1060. The number of hydrogen-bond acceptors (Lipinski definition) is 3. The summed E-state index contributed by atoms with van der Waals surface area (Å²) in [5, 5.41) is 10.3. The minimum Gasteiger partial charge on any atom is -0.352 e. The van der Waals surface area contributed by atoms with Gasteiger partial charge in [0.2, 0.25) is 0 Å². The van der Waals surface area contributed by atoms with E-state index >= 15 is 0 Å². The zero-order valence-electron chi connectivity index (χ0n) is 17.9. The smallest absolute Gasteiger partial charge is 0.322 e. The van der Waals surface area contributed by atoms with Crippen LogP contribution in [0.15, 0.2) is 54.6 Å². The predicted molar refractivity (Wildman–Crippen MR) is 120 cm³/mol. The maximum atomic E-state index is 12.5. The second-order valence-electron chi connectivity index (χ2n) is 7.89. The summed E-state index contributed by atoms with van der Waals surface area (Å²) in [5.74, 6) is -0.124. The average molecular weight is 418 g/mol. The molecule has 7 nitrogen and oxygen atoms in total. The number of nitrogens with zero attached hydrogens (tertiary/aromatic N) is 3. The number of rotatable bonds is 6. The number of carbonyl (C=O) groups excluding carboxylic acids is 2. The molecule has 0 radical (unpaired) electrons. The number of carbonyl (C=O) groups is 2. The molecule has 1 aromatic heterocycles. The lowest BCUT2D eigenvalue weighted by atomic mass is 10.1. The number of anilines is 1. The summed E-state index contributed by atoms with van der Waals surface area (Å²) in [7, 11) is 0. The van der Waals surface area contributed by atoms with Crippen LogP contribution in [0.4, 0.5) is 10.5 Å². The molecule has 0 saturated heterocycles. The molecule has 2 heterocycles. The van der Waals surface area contributed by atoms with Crippen LogP contribution in [0.2, 0.25) is 0 Å². The van der Waals surface area contributed by atoms with Gasteiger partial charge in [0.05, 0.1) is 5.69 Å². The van der Waals surface area contributed by atoms with Crippen LogP contribution in [-0.4, -0.2) is 33.2 Å². The molecule has 1 aliphatic heterocycles. The average Bonchev–Trinajstić information content (AvgIpc) is 3.34. The minimum atomic E-state index is -0.141. The van der Waals surface area contributed by atoms with E-state index in [4.69, 9.17) is 0 Å². The first kappa shape index (κ1) is 20.7. The summed E-state index contributed by atoms with van der Waals surface area (Å²) in [4.78, 5) is 26.7. The van der Waals surface area contributed by atoms with E-state index < -0.39 is 0 Å². The lowest BCUT2D eigenvalue weighted by molar-refractivity contribution is 0.0952. The highest BCUT2D eigenvalue weighted by molar-refractivity contribution is 5.95. The lowest BCUT2D eigenvalue weighted by Crippen LogP contribution is -2.30. The molecular formula is C24H27N5O2. The molecule has 2 N–H and O–H groups in total. The van der Waals surface area contributed by atoms with Crippen LogP contribution in [0.5, 0.6) is 0 Å². The Balaban J connectivity index is 1.23. The first-order valence-electron chi connectivity index (χ1n) is 10.5. The van der Waals surface area contributed by atoms with E-state index in [-0.39, 0.29) is 11.9 Å². The van der Waals surface area contributed by atoms with E-state index in [1.165, 1.54) is 11.1 Å². The molecular weight excluding hydrogens is 390 g/mol. The van der Waals surface area contributed by atoms with Crippen LogP contribution < -0.4 is 10.6 Å². The number of benzene rings is 2. The van der Waals surface area contributed by atoms with E-state index in [9.17, 15) is 9.59 Å². The largest absolute Gasteiger partial charge is 0.352 e. The molecule has 0 aliphatic carbocycles. The number of hydrogen-bond donors (Lipinski definition) is 2. The van der Waals surface area contributed by atoms with Gasteiger partial charge in [-0.25, -0.2) is 4.79 Å². The van der Waals surface area contributed by atoms with Crippen molar-refractivity contribution < 1.29 is 9.59 Å². The van der Waals surface area contributed by atoms with Gasteiger partial charge in [0.25, 0.3) is 5.91 Å². The number of urea groups is 1. The van der Waals surface area contributed by atoms with Gasteiger partial charge in [-0.3, -0.25) is 9.48 Å². The van der Waals surface area contributed by atoms with Gasteiger partial charge in [0.1, 0.15) is 0 Å². The van der Waals surface area contributed by atoms with Crippen molar-refractivity contribution in [3.05, 3.63) is 82.7 Å². The third-order valence-electron chi connectivity index (χ3n) is 5.46. The predicted octanol–water partition coefficient (Wildman–Crippen LogP) is 3.87. The fourth-order valence-electron chi connectivity index (χ4n) is 3.82. The molecule has 0 fully saturated rings. The summed E-state index contributed by atoms with van der Waals surface area (Å²) < 4.78 is 1.96. The molecule has 0 atom stereocenters. The first-order valence-corrected chi connectivity index (χ1v) is 10.5. The van der Waals surface area contributed by atoms with Crippen LogP contribution >= 0.6 is 0 Å². The molecule has 1 aliphatic rings. The summed E-state index contributed by atoms with van der Waals surface area (Å²) in [5.41, 5.74) is 5.73. The number of aryl methyl sites for hydroxylation is 3. The van der Waals surface area contributed by atoms with Gasteiger partial charge in [0, 0.05) is 43.1 Å². The monoisotopic (exact) mass is 417 g/mol. The summed E-state index contributed by atoms with van der Waals surface area (Å²) in [6, 6.07) is 16.9. The Labute approximate surface area is 182 Å². The van der Waals surface area contributed by atoms with Crippen molar-refractivity contribution in [1.29, 1.82) is 0 Å². The first-order chi connectivity index (χ1) is 15.0. The molecule has 160 valence electrons. The van der Waals surface area contributed by atoms with Crippen LogP contribution in [0.25, 0.3) is 0 Å². The van der Waals surface area contributed by atoms with E-state index in [1.54, 1.807) is 29.2 Å². The Kier molecular flexibility index (Phi) is 6.02. The summed E-state index contributed by atoms with van der Waals surface area (Å²) in [6.07, 6.45) is 0.806. The highest BCUT2D eigenvalue weighted by atomic mass is 16.2. The van der Waals surface area contributed by atoms with Gasteiger partial charge in [-0.15, -0.1) is 0 Å². The second kappa shape index (κ2) is 9.04. The highest BCUT2D eigenvalue weighted by Crippen LogP contribution is 2.23. The fourth-order valence-corrected chi connectivity index (χ4v) is 3.82. The molecule has 31 heavy (non-hydrogen) atoms. The van der Waals surface area contributed by atoms with Crippen molar-refractivity contribution in [2.24, 2.45) is 0 Å². The quantitative estimate of drug-likeness (QED) is 0.598. The summed E-state index contributed by atoms with van der Waals surface area (Å²) in [6.45, 7) is 6.57. The standard InChI is InChI=1S/C24H27N5O2/c1-17-14-18(2)29(27-17)13-5-12-25-23(30)19-8-10-22(11-9-19)26-24(31)28-15-20-6-3-4-7-21(20)16-28/h3-4,6-11,14H,5,12-13,15-16H2,1-2H3,(H,25,30)(H,26,31). The van der Waals surface area contributed by atoms with Crippen molar-refractivity contribution >= 4 is 17.6 Å². The Hall–Kier alpha value is -3.61. The molecule has 0 saturated carbocycles. The lowest BCUT2D eigenvalue weighted by Gasteiger charge is -2.16. The fraction of sp³-hybridized carbons (Fsp3) is 0.292. The van der Waals surface area contributed by atoms with Crippen LogP contribution in [0.3, 0.4) is 0 Å². The van der Waals surface area contributed by atoms with Crippen molar-refractivity contribution in [1.82, 2.24) is 20.0 Å². The van der Waals surface area contributed by atoms with E-state index in [0.29, 0.717) is 30.9 Å². The van der Waals surface area contributed by atoms with Gasteiger partial charge >= 0.3 is 6.03 Å². The van der Waals surface area contributed by atoms with Crippen molar-refractivity contribution in [2.45, 2.75) is 39.9 Å². The maximum Gasteiger partial charge on any atom is 0.322 e. The molecule has 4 rings (SSSR count). The molecule has 0 unspecified atom stereocenters. The Morgan fingerprint density at radius 1 is 1.00 bits per heavy atom. The van der Waals surface area contributed by atoms with Crippen LogP contribution in [0, 0.1) is 13.8 Å². The number of nitrogens with one attached hydrogen (secondary N) is 2. The molecule has 0 bridgehead atoms. The maximum absolute atomic E-state index is 12.5. The van der Waals surface area contributed by atoms with Gasteiger partial charge in [-0.1, -0.05) is 24.3 Å². The van der Waals surface area contributed by atoms with E-state index in [2.05, 4.69) is 15.7 Å². The van der Waals surface area contributed by atoms with Crippen LogP contribution in [-0.2, 0) is 19.6 Å². The van der Waals surface area contributed by atoms with Crippen molar-refractivity contribution in [2.75, 3.05) is 11.9 Å². The number of fused-ring (bicyclic) bond motifs is 1. The zero-order chi connectivity index (χ0) is 21.8. The number of aromatic nitrogens is 2. The topological polar surface area (TPSA) is 79.3 Å². The Morgan fingerprint density at radius 3 is 2.29 bits per heavy atom. The van der Waals surface area contributed by atoms with E-state index in [1.807, 2.05) is 48.9 Å². The number of amides is 3. The molecule has 0 spiro atoms. The third-order valence-corrected chi connectivity index (χ3v) is 5.46. The normalized spacial score (nSPS) is 12.5. The van der Waals surface area contributed by atoms with Crippen molar-refractivity contribution in [3.63, 3.8) is 0 Å². The van der Waals surface area contributed by atoms with E-state index in [0.717, 1.165) is 24.4 Å². The zero-order valence-corrected chi connectivity index (χ0v) is 17.9. The molecule has 3 aromatic rings. The SMILES string of the molecule is Cc1cc(C)n(CCCNC(=O)c2ccc(NC(=O)N3Cc4ccccc4C3)cc2)n1. The van der Waals surface area contributed by atoms with Gasteiger partial charge in [0.15, 0.2) is 0 Å². The van der Waals surface area contributed by atoms with Crippen molar-refractivity contribution in [3.8, 4) is 0 Å².